The van der Waals surface area contributed by atoms with Crippen LogP contribution >= 0.6 is 11.6 Å². The van der Waals surface area contributed by atoms with Crippen LogP contribution in [0.4, 0.5) is 0 Å². The van der Waals surface area contributed by atoms with Gasteiger partial charge in [-0.05, 0) is 24.3 Å². The summed E-state index contributed by atoms with van der Waals surface area (Å²) in [5.74, 6) is -1.03. The Morgan fingerprint density at radius 3 is 2.79 bits per heavy atom. The Morgan fingerprint density at radius 1 is 1.21 bits per heavy atom. The Morgan fingerprint density at radius 2 is 2.00 bits per heavy atom. The largest absolute Gasteiger partial charge is 0.478 e. The molecule has 1 heterocycles. The molecule has 0 radical (unpaired) electrons. The summed E-state index contributed by atoms with van der Waals surface area (Å²) in [6.07, 6.45) is 1.70. The van der Waals surface area contributed by atoms with Crippen molar-refractivity contribution >= 4 is 28.5 Å². The van der Waals surface area contributed by atoms with Crippen molar-refractivity contribution in [3.8, 4) is 5.69 Å². The quantitative estimate of drug-likeness (QED) is 0.778. The molecule has 0 aliphatic rings. The van der Waals surface area contributed by atoms with Crippen molar-refractivity contribution in [1.82, 2.24) is 9.78 Å². The minimum atomic E-state index is -1.03. The molecule has 1 aromatic heterocycles. The van der Waals surface area contributed by atoms with E-state index in [-0.39, 0.29) is 5.56 Å². The molecule has 3 rings (SSSR count). The van der Waals surface area contributed by atoms with Crippen LogP contribution in [-0.2, 0) is 0 Å². The number of rotatable bonds is 2. The highest BCUT2D eigenvalue weighted by Gasteiger charge is 2.14. The van der Waals surface area contributed by atoms with Crippen LogP contribution in [-0.4, -0.2) is 20.9 Å². The molecule has 4 nitrogen and oxygen atoms in total. The van der Waals surface area contributed by atoms with Gasteiger partial charge in [-0.1, -0.05) is 29.8 Å². The van der Waals surface area contributed by atoms with Gasteiger partial charge in [0.1, 0.15) is 0 Å². The lowest BCUT2D eigenvalue weighted by Gasteiger charge is -2.08. The number of nitrogens with zero attached hydrogens (tertiary/aromatic N) is 2. The maximum atomic E-state index is 11.3. The third kappa shape index (κ3) is 1.96. The second-order valence-electron chi connectivity index (χ2n) is 4.08. The fraction of sp³-hybridized carbons (Fsp3) is 0. The highest BCUT2D eigenvalue weighted by molar-refractivity contribution is 6.31. The molecular weight excluding hydrogens is 264 g/mol. The number of benzene rings is 2. The van der Waals surface area contributed by atoms with Gasteiger partial charge in [0.05, 0.1) is 23.0 Å². The summed E-state index contributed by atoms with van der Waals surface area (Å²) in [5, 5.41) is 14.8. The van der Waals surface area contributed by atoms with Crippen LogP contribution in [0.15, 0.2) is 48.7 Å². The van der Waals surface area contributed by atoms with Crippen molar-refractivity contribution in [2.45, 2.75) is 0 Å². The summed E-state index contributed by atoms with van der Waals surface area (Å²) in [6, 6.07) is 12.4. The van der Waals surface area contributed by atoms with Crippen LogP contribution in [0.3, 0.4) is 0 Å². The zero-order valence-electron chi connectivity index (χ0n) is 9.75. The molecule has 0 amide bonds. The van der Waals surface area contributed by atoms with Crippen molar-refractivity contribution in [3.05, 3.63) is 59.2 Å². The summed E-state index contributed by atoms with van der Waals surface area (Å²) in [5.41, 5.74) is 1.48. The van der Waals surface area contributed by atoms with Crippen LogP contribution in [0, 0.1) is 0 Å². The predicted molar refractivity (Wildman–Crippen MR) is 73.0 cm³/mol. The number of fused-ring (bicyclic) bond motifs is 1. The molecule has 0 bridgehead atoms. The van der Waals surface area contributed by atoms with E-state index in [9.17, 15) is 9.90 Å². The summed E-state index contributed by atoms with van der Waals surface area (Å²) < 4.78 is 1.61. The molecule has 2 aromatic carbocycles. The highest BCUT2D eigenvalue weighted by Crippen LogP contribution is 2.23. The first-order valence-corrected chi connectivity index (χ1v) is 6.00. The molecule has 19 heavy (non-hydrogen) atoms. The van der Waals surface area contributed by atoms with Gasteiger partial charge in [0.15, 0.2) is 0 Å². The molecule has 0 unspecified atom stereocenters. The number of aromatic carboxylic acids is 1. The van der Waals surface area contributed by atoms with Gasteiger partial charge in [0, 0.05) is 10.4 Å². The molecule has 94 valence electrons. The van der Waals surface area contributed by atoms with E-state index in [1.165, 1.54) is 6.07 Å². The van der Waals surface area contributed by atoms with Crippen molar-refractivity contribution in [2.24, 2.45) is 0 Å². The molecule has 0 aliphatic heterocycles. The van der Waals surface area contributed by atoms with E-state index in [1.807, 2.05) is 24.3 Å². The minimum Gasteiger partial charge on any atom is -0.478 e. The SMILES string of the molecule is O=C(O)c1cc(Cl)ccc1-n1ncc2ccccc21. The lowest BCUT2D eigenvalue weighted by Crippen LogP contribution is -2.06. The first-order valence-electron chi connectivity index (χ1n) is 5.63. The van der Waals surface area contributed by atoms with E-state index in [1.54, 1.807) is 23.0 Å². The number of aromatic nitrogens is 2. The molecule has 0 spiro atoms. The molecule has 1 N–H and O–H groups in total. The second-order valence-corrected chi connectivity index (χ2v) is 4.52. The average Bonchev–Trinajstić information content (AvgIpc) is 2.82. The predicted octanol–water partition coefficient (Wildman–Crippen LogP) is 3.38. The molecule has 0 saturated carbocycles. The van der Waals surface area contributed by atoms with Gasteiger partial charge >= 0.3 is 5.97 Å². The number of halogens is 1. The van der Waals surface area contributed by atoms with Crippen molar-refractivity contribution in [1.29, 1.82) is 0 Å². The Hall–Kier alpha value is -2.33. The van der Waals surface area contributed by atoms with Gasteiger partial charge in [-0.2, -0.15) is 5.10 Å². The Bertz CT molecular complexity index is 780. The number of hydrogen-bond donors (Lipinski definition) is 1. The zero-order chi connectivity index (χ0) is 13.4. The Kier molecular flexibility index (Phi) is 2.72. The van der Waals surface area contributed by atoms with Crippen LogP contribution in [0.5, 0.6) is 0 Å². The van der Waals surface area contributed by atoms with Crippen molar-refractivity contribution in [2.75, 3.05) is 0 Å². The van der Waals surface area contributed by atoms with E-state index in [4.69, 9.17) is 11.6 Å². The van der Waals surface area contributed by atoms with Crippen LogP contribution < -0.4 is 0 Å². The lowest BCUT2D eigenvalue weighted by atomic mass is 10.1. The zero-order valence-corrected chi connectivity index (χ0v) is 10.5. The number of carboxylic acids is 1. The Labute approximate surface area is 113 Å². The topological polar surface area (TPSA) is 55.1 Å². The average molecular weight is 273 g/mol. The fourth-order valence-corrected chi connectivity index (χ4v) is 2.20. The van der Waals surface area contributed by atoms with E-state index in [2.05, 4.69) is 5.10 Å². The lowest BCUT2D eigenvalue weighted by molar-refractivity contribution is 0.0697. The first-order chi connectivity index (χ1) is 9.16. The van der Waals surface area contributed by atoms with Crippen LogP contribution in [0.1, 0.15) is 10.4 Å². The summed E-state index contributed by atoms with van der Waals surface area (Å²) >= 11 is 5.85. The smallest absolute Gasteiger partial charge is 0.337 e. The van der Waals surface area contributed by atoms with E-state index in [0.29, 0.717) is 10.7 Å². The minimum absolute atomic E-state index is 0.126. The van der Waals surface area contributed by atoms with Gasteiger partial charge in [-0.3, -0.25) is 0 Å². The molecular formula is C14H9ClN2O2. The van der Waals surface area contributed by atoms with Gasteiger partial charge < -0.3 is 5.11 Å². The number of para-hydroxylation sites is 1. The molecule has 0 atom stereocenters. The molecule has 5 heteroatoms. The first kappa shape index (κ1) is 11.7. The van der Waals surface area contributed by atoms with Gasteiger partial charge in [-0.25, -0.2) is 9.48 Å². The summed E-state index contributed by atoms with van der Waals surface area (Å²) in [7, 11) is 0. The monoisotopic (exact) mass is 272 g/mol. The molecule has 0 aliphatic carbocycles. The van der Waals surface area contributed by atoms with E-state index >= 15 is 0 Å². The van der Waals surface area contributed by atoms with Crippen LogP contribution in [0.2, 0.25) is 5.02 Å². The Balaban J connectivity index is 2.30. The summed E-state index contributed by atoms with van der Waals surface area (Å²) in [4.78, 5) is 11.3. The maximum absolute atomic E-state index is 11.3. The summed E-state index contributed by atoms with van der Waals surface area (Å²) in [6.45, 7) is 0. The van der Waals surface area contributed by atoms with Gasteiger partial charge in [0.2, 0.25) is 0 Å². The van der Waals surface area contributed by atoms with E-state index in [0.717, 1.165) is 10.9 Å². The molecule has 0 fully saturated rings. The van der Waals surface area contributed by atoms with Gasteiger partial charge in [0.25, 0.3) is 0 Å². The fourth-order valence-electron chi connectivity index (χ4n) is 2.03. The number of carboxylic acid groups (broad SMARTS) is 1. The molecule has 3 aromatic rings. The number of hydrogen-bond acceptors (Lipinski definition) is 2. The highest BCUT2D eigenvalue weighted by atomic mass is 35.5. The third-order valence-corrected chi connectivity index (χ3v) is 3.13. The number of carbonyl (C=O) groups is 1. The maximum Gasteiger partial charge on any atom is 0.337 e. The second kappa shape index (κ2) is 4.40. The van der Waals surface area contributed by atoms with Crippen molar-refractivity contribution in [3.63, 3.8) is 0 Å². The van der Waals surface area contributed by atoms with Crippen LogP contribution in [0.25, 0.3) is 16.6 Å². The molecule has 0 saturated heterocycles. The van der Waals surface area contributed by atoms with Crippen molar-refractivity contribution < 1.29 is 9.90 Å². The third-order valence-electron chi connectivity index (χ3n) is 2.89. The van der Waals surface area contributed by atoms with Gasteiger partial charge in [-0.15, -0.1) is 0 Å². The van der Waals surface area contributed by atoms with E-state index < -0.39 is 5.97 Å². The standard InChI is InChI=1S/C14H9ClN2O2/c15-10-5-6-13(11(7-10)14(18)19)17-12-4-2-1-3-9(12)8-16-17/h1-8H,(H,18,19). The normalized spacial score (nSPS) is 10.8.